The Morgan fingerprint density at radius 3 is 2.53 bits per heavy atom. The molecule has 0 aliphatic carbocycles. The van der Waals surface area contributed by atoms with Crippen molar-refractivity contribution in [2.75, 3.05) is 20.1 Å². The molecule has 3 nitrogen and oxygen atoms in total. The Labute approximate surface area is 116 Å². The van der Waals surface area contributed by atoms with Gasteiger partial charge in [-0.3, -0.25) is 4.68 Å². The summed E-state index contributed by atoms with van der Waals surface area (Å²) >= 11 is 0. The van der Waals surface area contributed by atoms with Crippen LogP contribution in [0.5, 0.6) is 0 Å². The molecule has 1 fully saturated rings. The van der Waals surface area contributed by atoms with Crippen LogP contribution in [0.15, 0.2) is 24.4 Å². The van der Waals surface area contributed by atoms with Gasteiger partial charge in [0.05, 0.1) is 17.8 Å². The van der Waals surface area contributed by atoms with E-state index in [1.54, 1.807) is 0 Å². The van der Waals surface area contributed by atoms with E-state index in [9.17, 15) is 0 Å². The van der Waals surface area contributed by atoms with E-state index >= 15 is 0 Å². The lowest BCUT2D eigenvalue weighted by Crippen LogP contribution is -2.31. The first kappa shape index (κ1) is 14.1. The summed E-state index contributed by atoms with van der Waals surface area (Å²) in [5.41, 5.74) is 2.60. The molecular formula is C16H25N3. The number of benzene rings is 1. The fourth-order valence-corrected chi connectivity index (χ4v) is 2.68. The molecule has 1 saturated heterocycles. The van der Waals surface area contributed by atoms with Gasteiger partial charge in [-0.1, -0.05) is 26.0 Å². The van der Waals surface area contributed by atoms with Gasteiger partial charge in [0.2, 0.25) is 0 Å². The molecule has 0 radical (unpaired) electrons. The van der Waals surface area contributed by atoms with Crippen LogP contribution in [0.1, 0.15) is 38.3 Å². The molecule has 3 rings (SSSR count). The monoisotopic (exact) mass is 259 g/mol. The summed E-state index contributed by atoms with van der Waals surface area (Å²) in [4.78, 5) is 2.40. The van der Waals surface area contributed by atoms with E-state index in [0.717, 1.165) is 0 Å². The quantitative estimate of drug-likeness (QED) is 0.779. The van der Waals surface area contributed by atoms with Crippen molar-refractivity contribution in [3.63, 3.8) is 0 Å². The third-order valence-corrected chi connectivity index (χ3v) is 3.79. The highest BCUT2D eigenvalue weighted by Gasteiger charge is 2.20. The van der Waals surface area contributed by atoms with Crippen LogP contribution in [0, 0.1) is 6.92 Å². The molecular weight excluding hydrogens is 234 g/mol. The van der Waals surface area contributed by atoms with Gasteiger partial charge in [-0.15, -0.1) is 0 Å². The first-order chi connectivity index (χ1) is 9.24. The Balaban J connectivity index is 0.000000637. The summed E-state index contributed by atoms with van der Waals surface area (Å²) in [6.45, 7) is 8.50. The first-order valence-electron chi connectivity index (χ1n) is 7.36. The van der Waals surface area contributed by atoms with Gasteiger partial charge < -0.3 is 4.90 Å². The Morgan fingerprint density at radius 2 is 1.84 bits per heavy atom. The van der Waals surface area contributed by atoms with E-state index in [4.69, 9.17) is 0 Å². The molecule has 2 heterocycles. The fraction of sp³-hybridized carbons (Fsp3) is 0.562. The third kappa shape index (κ3) is 2.98. The van der Waals surface area contributed by atoms with Crippen LogP contribution in [0.4, 0.5) is 0 Å². The van der Waals surface area contributed by atoms with E-state index in [-0.39, 0.29) is 0 Å². The number of fused-ring (bicyclic) bond motifs is 1. The second kappa shape index (κ2) is 6.20. The summed E-state index contributed by atoms with van der Waals surface area (Å²) in [5.74, 6) is 0. The zero-order valence-electron chi connectivity index (χ0n) is 12.6. The van der Waals surface area contributed by atoms with Crippen LogP contribution in [0.3, 0.4) is 0 Å². The highest BCUT2D eigenvalue weighted by molar-refractivity contribution is 5.79. The van der Waals surface area contributed by atoms with Crippen LogP contribution in [0.2, 0.25) is 0 Å². The topological polar surface area (TPSA) is 21.1 Å². The van der Waals surface area contributed by atoms with Crippen LogP contribution in [-0.4, -0.2) is 34.8 Å². The lowest BCUT2D eigenvalue weighted by atomic mass is 10.1. The molecule has 0 amide bonds. The van der Waals surface area contributed by atoms with Crippen LogP contribution in [0.25, 0.3) is 10.9 Å². The van der Waals surface area contributed by atoms with Crippen LogP contribution >= 0.6 is 0 Å². The molecule has 0 N–H and O–H groups in total. The molecule has 0 saturated carbocycles. The number of aryl methyl sites for hydroxylation is 1. The highest BCUT2D eigenvalue weighted by Crippen LogP contribution is 2.26. The fourth-order valence-electron chi connectivity index (χ4n) is 2.68. The Morgan fingerprint density at radius 1 is 1.16 bits per heavy atom. The van der Waals surface area contributed by atoms with Crippen molar-refractivity contribution in [2.45, 2.75) is 39.7 Å². The Bertz CT molecular complexity index is 522. The molecule has 0 atom stereocenters. The lowest BCUT2D eigenvalue weighted by molar-refractivity contribution is 0.215. The number of likely N-dealkylation sites (tertiary alicyclic amines) is 1. The van der Waals surface area contributed by atoms with Crippen molar-refractivity contribution in [3.8, 4) is 0 Å². The second-order valence-electron chi connectivity index (χ2n) is 5.19. The molecule has 0 unspecified atom stereocenters. The molecule has 19 heavy (non-hydrogen) atoms. The molecule has 3 heteroatoms. The van der Waals surface area contributed by atoms with Crippen molar-refractivity contribution in [1.29, 1.82) is 0 Å². The summed E-state index contributed by atoms with van der Waals surface area (Å²) in [6.07, 6.45) is 4.41. The van der Waals surface area contributed by atoms with Crippen molar-refractivity contribution in [2.24, 2.45) is 0 Å². The largest absolute Gasteiger partial charge is 0.306 e. The minimum Gasteiger partial charge on any atom is -0.306 e. The number of nitrogens with zero attached hydrogens (tertiary/aromatic N) is 3. The van der Waals surface area contributed by atoms with Gasteiger partial charge in [0.1, 0.15) is 0 Å². The molecule has 1 aromatic carbocycles. The van der Waals surface area contributed by atoms with Crippen molar-refractivity contribution >= 4 is 10.9 Å². The summed E-state index contributed by atoms with van der Waals surface area (Å²) < 4.78 is 2.23. The maximum atomic E-state index is 4.58. The van der Waals surface area contributed by atoms with Gasteiger partial charge in [0, 0.05) is 5.39 Å². The van der Waals surface area contributed by atoms with E-state index in [0.29, 0.717) is 6.04 Å². The van der Waals surface area contributed by atoms with E-state index in [1.807, 2.05) is 20.0 Å². The zero-order chi connectivity index (χ0) is 13.8. The van der Waals surface area contributed by atoms with Crippen molar-refractivity contribution in [3.05, 3.63) is 30.0 Å². The lowest BCUT2D eigenvalue weighted by Gasteiger charge is -2.29. The Kier molecular flexibility index (Phi) is 4.59. The molecule has 0 spiro atoms. The summed E-state index contributed by atoms with van der Waals surface area (Å²) in [6, 6.07) is 7.15. The van der Waals surface area contributed by atoms with Gasteiger partial charge in [-0.25, -0.2) is 0 Å². The molecule has 1 aliphatic heterocycles. The third-order valence-electron chi connectivity index (χ3n) is 3.79. The normalized spacial score (nSPS) is 17.3. The van der Waals surface area contributed by atoms with Gasteiger partial charge >= 0.3 is 0 Å². The number of rotatable bonds is 1. The summed E-state index contributed by atoms with van der Waals surface area (Å²) in [7, 11) is 2.20. The summed E-state index contributed by atoms with van der Waals surface area (Å²) in [5, 5.41) is 5.84. The molecule has 2 aromatic rings. The maximum absolute atomic E-state index is 4.58. The van der Waals surface area contributed by atoms with Crippen molar-refractivity contribution < 1.29 is 0 Å². The van der Waals surface area contributed by atoms with Gasteiger partial charge in [0.25, 0.3) is 0 Å². The minimum atomic E-state index is 0.575. The molecule has 1 aromatic heterocycles. The highest BCUT2D eigenvalue weighted by atomic mass is 15.3. The number of aromatic nitrogens is 2. The number of hydrogen-bond acceptors (Lipinski definition) is 2. The van der Waals surface area contributed by atoms with E-state index in [2.05, 4.69) is 46.9 Å². The number of piperidine rings is 1. The zero-order valence-corrected chi connectivity index (χ0v) is 12.6. The van der Waals surface area contributed by atoms with Gasteiger partial charge in [-0.2, -0.15) is 5.10 Å². The Hall–Kier alpha value is -1.35. The van der Waals surface area contributed by atoms with E-state index < -0.39 is 0 Å². The second-order valence-corrected chi connectivity index (χ2v) is 5.19. The van der Waals surface area contributed by atoms with Crippen LogP contribution in [-0.2, 0) is 0 Å². The molecule has 104 valence electrons. The van der Waals surface area contributed by atoms with Crippen molar-refractivity contribution in [1.82, 2.24) is 14.7 Å². The maximum Gasteiger partial charge on any atom is 0.0688 e. The van der Waals surface area contributed by atoms with Crippen LogP contribution < -0.4 is 0 Å². The predicted molar refractivity (Wildman–Crippen MR) is 81.6 cm³/mol. The van der Waals surface area contributed by atoms with Gasteiger partial charge in [-0.05, 0) is 51.5 Å². The molecule has 1 aliphatic rings. The smallest absolute Gasteiger partial charge is 0.0688 e. The first-order valence-corrected chi connectivity index (χ1v) is 7.36. The SMILES string of the molecule is CC.Cc1ccc2cnn(C3CCN(C)CC3)c2c1. The predicted octanol–water partition coefficient (Wildman–Crippen LogP) is 3.64. The van der Waals surface area contributed by atoms with Gasteiger partial charge in [0.15, 0.2) is 0 Å². The molecule has 0 bridgehead atoms. The van der Waals surface area contributed by atoms with E-state index in [1.165, 1.54) is 42.4 Å². The average Bonchev–Trinajstić information content (AvgIpc) is 2.85. The average molecular weight is 259 g/mol. The number of hydrogen-bond donors (Lipinski definition) is 0. The standard InChI is InChI=1S/C14H19N3.C2H6/c1-11-3-4-12-10-15-17(14(12)9-11)13-5-7-16(2)8-6-13;1-2/h3-4,9-10,13H,5-8H2,1-2H3;1-2H3. The minimum absolute atomic E-state index is 0.575.